The summed E-state index contributed by atoms with van der Waals surface area (Å²) in [6, 6.07) is 4.12. The summed E-state index contributed by atoms with van der Waals surface area (Å²) in [6.45, 7) is 9.68. The normalized spacial score (nSPS) is 11.0. The number of ether oxygens (including phenoxy) is 5. The van der Waals surface area contributed by atoms with Gasteiger partial charge in [-0.25, -0.2) is 0 Å². The Morgan fingerprint density at radius 1 is 0.909 bits per heavy atom. The molecule has 1 rings (SSSR count). The van der Waals surface area contributed by atoms with Crippen molar-refractivity contribution in [2.24, 2.45) is 5.73 Å². The van der Waals surface area contributed by atoms with Gasteiger partial charge in [-0.1, -0.05) is 32.4 Å². The number of carbonyl (C=O) groups is 5. The van der Waals surface area contributed by atoms with Gasteiger partial charge in [-0.05, 0) is 19.4 Å². The van der Waals surface area contributed by atoms with Crippen LogP contribution in [0.5, 0.6) is 5.75 Å². The molecular weight excluding hydrogens is 576 g/mol. The van der Waals surface area contributed by atoms with Crippen LogP contribution in [0.2, 0.25) is 0 Å². The Kier molecular flexibility index (Phi) is 25.0. The molecule has 1 unspecified atom stereocenters. The maximum absolute atomic E-state index is 13.2. The molecule has 0 aliphatic heterocycles. The number of nitrogens with zero attached hydrogens (tertiary/aromatic N) is 1. The van der Waals surface area contributed by atoms with Gasteiger partial charge in [-0.15, -0.1) is 0 Å². The number of hydrogen-bond acceptors (Lipinski definition) is 11. The fourth-order valence-corrected chi connectivity index (χ4v) is 3.35. The highest BCUT2D eigenvalue weighted by Gasteiger charge is 2.24. The number of aldehydes is 1. The molecule has 0 aromatic heterocycles. The van der Waals surface area contributed by atoms with Gasteiger partial charge in [0.15, 0.2) is 12.9 Å². The predicted molar refractivity (Wildman–Crippen MR) is 164 cm³/mol. The summed E-state index contributed by atoms with van der Waals surface area (Å²) in [4.78, 5) is 60.4. The summed E-state index contributed by atoms with van der Waals surface area (Å²) < 4.78 is 26.9. The SMILES string of the molecule is CC(CCC(=O)NC=O)N(C)C(=O)c1c(C=O)cccc1OCC(=O)NCCOCCOCCOCCOCCN.CCC. The Morgan fingerprint density at radius 2 is 1.48 bits per heavy atom. The molecular formula is C30H50N4O10. The maximum Gasteiger partial charge on any atom is 0.258 e. The van der Waals surface area contributed by atoms with E-state index in [1.54, 1.807) is 13.0 Å². The van der Waals surface area contributed by atoms with Crippen molar-refractivity contribution in [1.82, 2.24) is 15.5 Å². The average Bonchev–Trinajstić information content (AvgIpc) is 3.02. The molecule has 4 amide bonds. The Morgan fingerprint density at radius 3 is 2.02 bits per heavy atom. The molecule has 0 radical (unpaired) electrons. The van der Waals surface area contributed by atoms with E-state index in [1.807, 2.05) is 5.32 Å². The van der Waals surface area contributed by atoms with Crippen LogP contribution in [0.4, 0.5) is 0 Å². The highest BCUT2D eigenvalue weighted by molar-refractivity contribution is 6.04. The van der Waals surface area contributed by atoms with Gasteiger partial charge in [0, 0.05) is 38.2 Å². The molecule has 1 aromatic rings. The molecule has 0 saturated heterocycles. The maximum atomic E-state index is 13.2. The number of imide groups is 1. The second-order valence-corrected chi connectivity index (χ2v) is 9.41. The molecule has 1 aromatic carbocycles. The lowest BCUT2D eigenvalue weighted by Gasteiger charge is -2.26. The Hall–Kier alpha value is -3.43. The molecule has 1 atom stereocenters. The highest BCUT2D eigenvalue weighted by atomic mass is 16.6. The highest BCUT2D eigenvalue weighted by Crippen LogP contribution is 2.24. The lowest BCUT2D eigenvalue weighted by Crippen LogP contribution is -2.37. The number of amides is 4. The van der Waals surface area contributed by atoms with E-state index in [2.05, 4.69) is 19.2 Å². The first-order chi connectivity index (χ1) is 21.3. The monoisotopic (exact) mass is 626 g/mol. The second kappa shape index (κ2) is 27.1. The summed E-state index contributed by atoms with van der Waals surface area (Å²) in [5.74, 6) is -1.33. The topological polar surface area (TPSA) is 185 Å². The molecule has 0 bridgehead atoms. The van der Waals surface area contributed by atoms with Crippen molar-refractivity contribution in [3.63, 3.8) is 0 Å². The molecule has 14 nitrogen and oxygen atoms in total. The van der Waals surface area contributed by atoms with Crippen molar-refractivity contribution < 1.29 is 47.7 Å². The second-order valence-electron chi connectivity index (χ2n) is 9.41. The zero-order chi connectivity index (χ0) is 33.0. The molecule has 0 spiro atoms. The molecule has 4 N–H and O–H groups in total. The lowest BCUT2D eigenvalue weighted by atomic mass is 10.0. The quantitative estimate of drug-likeness (QED) is 0.110. The van der Waals surface area contributed by atoms with Gasteiger partial charge in [-0.3, -0.25) is 29.3 Å². The average molecular weight is 627 g/mol. The third-order valence-electron chi connectivity index (χ3n) is 5.70. The van der Waals surface area contributed by atoms with Crippen LogP contribution >= 0.6 is 0 Å². The number of nitrogens with one attached hydrogen (secondary N) is 2. The predicted octanol–water partition coefficient (Wildman–Crippen LogP) is 0.949. The zero-order valence-electron chi connectivity index (χ0n) is 26.5. The van der Waals surface area contributed by atoms with E-state index < -0.39 is 17.7 Å². The fourth-order valence-electron chi connectivity index (χ4n) is 3.35. The first-order valence-electron chi connectivity index (χ1n) is 14.8. The third kappa shape index (κ3) is 19.0. The van der Waals surface area contributed by atoms with E-state index in [9.17, 15) is 24.0 Å². The van der Waals surface area contributed by atoms with E-state index in [4.69, 9.17) is 29.4 Å². The van der Waals surface area contributed by atoms with Crippen molar-refractivity contribution >= 4 is 30.4 Å². The van der Waals surface area contributed by atoms with E-state index in [-0.39, 0.29) is 55.5 Å². The lowest BCUT2D eigenvalue weighted by molar-refractivity contribution is -0.125. The summed E-state index contributed by atoms with van der Waals surface area (Å²) in [6.07, 6.45) is 2.41. The fraction of sp³-hybridized carbons (Fsp3) is 0.633. The van der Waals surface area contributed by atoms with Gasteiger partial charge in [0.1, 0.15) is 5.75 Å². The molecule has 14 heteroatoms. The van der Waals surface area contributed by atoms with Crippen molar-refractivity contribution in [3.8, 4) is 5.75 Å². The molecule has 0 aliphatic carbocycles. The molecule has 0 aliphatic rings. The molecule has 0 fully saturated rings. The number of rotatable bonds is 24. The zero-order valence-corrected chi connectivity index (χ0v) is 26.5. The Bertz CT molecular complexity index is 964. The number of hydrogen-bond donors (Lipinski definition) is 3. The number of benzene rings is 1. The minimum Gasteiger partial charge on any atom is -0.483 e. The summed E-state index contributed by atoms with van der Waals surface area (Å²) >= 11 is 0. The van der Waals surface area contributed by atoms with Crippen LogP contribution in [0.15, 0.2) is 18.2 Å². The summed E-state index contributed by atoms with van der Waals surface area (Å²) in [5.41, 5.74) is 5.43. The van der Waals surface area contributed by atoms with Gasteiger partial charge in [0.05, 0.1) is 58.4 Å². The van der Waals surface area contributed by atoms with Crippen molar-refractivity contribution in [2.75, 3.05) is 79.6 Å². The van der Waals surface area contributed by atoms with Crippen LogP contribution in [0, 0.1) is 0 Å². The van der Waals surface area contributed by atoms with Crippen molar-refractivity contribution in [2.45, 2.75) is 46.1 Å². The van der Waals surface area contributed by atoms with Crippen LogP contribution in [-0.2, 0) is 33.3 Å². The van der Waals surface area contributed by atoms with Gasteiger partial charge in [-0.2, -0.15) is 0 Å². The van der Waals surface area contributed by atoms with Gasteiger partial charge >= 0.3 is 0 Å². The van der Waals surface area contributed by atoms with Crippen LogP contribution in [0.1, 0.15) is 60.7 Å². The van der Waals surface area contributed by atoms with Crippen LogP contribution in [0.3, 0.4) is 0 Å². The standard InChI is InChI=1S/C27H42N4O10.C3H8/c1-21(6-7-24(34)30-20-33)31(2)27(36)26-22(18-32)4-3-5-23(26)41-19-25(35)29-9-11-38-13-15-40-17-16-39-14-12-37-10-8-28;1-3-2/h3-5,18,20-21H,6-17,19,28H2,1-2H3,(H,29,35)(H,30,33,34);3H2,1-2H3. The molecule has 0 heterocycles. The van der Waals surface area contributed by atoms with E-state index in [1.165, 1.54) is 30.5 Å². The Balaban J connectivity index is 0.00000590. The van der Waals surface area contributed by atoms with Gasteiger partial charge < -0.3 is 39.6 Å². The van der Waals surface area contributed by atoms with Crippen molar-refractivity contribution in [1.29, 1.82) is 0 Å². The molecule has 44 heavy (non-hydrogen) atoms. The first kappa shape index (κ1) is 40.6. The molecule has 250 valence electrons. The van der Waals surface area contributed by atoms with E-state index in [0.29, 0.717) is 65.5 Å². The smallest absolute Gasteiger partial charge is 0.258 e. The van der Waals surface area contributed by atoms with Crippen molar-refractivity contribution in [3.05, 3.63) is 29.3 Å². The third-order valence-corrected chi connectivity index (χ3v) is 5.70. The largest absolute Gasteiger partial charge is 0.483 e. The number of nitrogens with two attached hydrogens (primary N) is 1. The van der Waals surface area contributed by atoms with Crippen LogP contribution in [0.25, 0.3) is 0 Å². The van der Waals surface area contributed by atoms with E-state index >= 15 is 0 Å². The van der Waals surface area contributed by atoms with Crippen LogP contribution in [-0.4, -0.2) is 121 Å². The number of carbonyl (C=O) groups excluding carboxylic acids is 5. The molecule has 0 saturated carbocycles. The summed E-state index contributed by atoms with van der Waals surface area (Å²) in [7, 11) is 1.53. The minimum atomic E-state index is -0.509. The van der Waals surface area contributed by atoms with Gasteiger partial charge in [0.25, 0.3) is 11.8 Å². The van der Waals surface area contributed by atoms with Gasteiger partial charge in [0.2, 0.25) is 12.3 Å². The summed E-state index contributed by atoms with van der Waals surface area (Å²) in [5, 5.41) is 4.70. The van der Waals surface area contributed by atoms with Crippen LogP contribution < -0.4 is 21.1 Å². The first-order valence-corrected chi connectivity index (χ1v) is 14.8. The Labute approximate surface area is 260 Å². The van der Waals surface area contributed by atoms with E-state index in [0.717, 1.165) is 0 Å². The minimum absolute atomic E-state index is 0.00987.